The minimum Gasteiger partial charge on any atom is -0.368 e. The highest BCUT2D eigenvalue weighted by molar-refractivity contribution is 5.55. The fourth-order valence-electron chi connectivity index (χ4n) is 1.90. The third-order valence-corrected chi connectivity index (χ3v) is 2.85. The zero-order valence-electron chi connectivity index (χ0n) is 11.2. The van der Waals surface area contributed by atoms with Gasteiger partial charge < -0.3 is 4.90 Å². The average Bonchev–Trinajstić information content (AvgIpc) is 2.37. The highest BCUT2D eigenvalue weighted by Crippen LogP contribution is 2.34. The number of halogens is 3. The van der Waals surface area contributed by atoms with Crippen LogP contribution >= 0.6 is 0 Å². The van der Waals surface area contributed by atoms with E-state index in [0.29, 0.717) is 12.2 Å². The van der Waals surface area contributed by atoms with E-state index in [1.54, 1.807) is 11.0 Å². The predicted octanol–water partition coefficient (Wildman–Crippen LogP) is 3.71. The van der Waals surface area contributed by atoms with Crippen LogP contribution in [0, 0.1) is 22.7 Å². The first-order valence-corrected chi connectivity index (χ1v) is 6.06. The Balaban J connectivity index is 3.26. The second-order valence-electron chi connectivity index (χ2n) is 4.53. The van der Waals surface area contributed by atoms with Gasteiger partial charge >= 0.3 is 6.18 Å². The van der Waals surface area contributed by atoms with E-state index in [0.717, 1.165) is 6.07 Å². The maximum Gasteiger partial charge on any atom is 0.417 e. The van der Waals surface area contributed by atoms with Crippen molar-refractivity contribution in [2.45, 2.75) is 32.5 Å². The molecule has 1 aromatic rings. The minimum absolute atomic E-state index is 0.0441. The van der Waals surface area contributed by atoms with Gasteiger partial charge in [-0.2, -0.15) is 23.7 Å². The van der Waals surface area contributed by atoms with E-state index >= 15 is 0 Å². The first-order chi connectivity index (χ1) is 9.31. The van der Waals surface area contributed by atoms with E-state index in [1.165, 1.54) is 12.1 Å². The summed E-state index contributed by atoms with van der Waals surface area (Å²) in [5.74, 6) is 0. The smallest absolute Gasteiger partial charge is 0.368 e. The number of hydrogen-bond acceptors (Lipinski definition) is 3. The van der Waals surface area contributed by atoms with Crippen LogP contribution in [0.3, 0.4) is 0 Å². The van der Waals surface area contributed by atoms with Crippen LogP contribution in [0.4, 0.5) is 18.9 Å². The number of anilines is 1. The molecule has 0 heterocycles. The maximum atomic E-state index is 12.9. The highest BCUT2D eigenvalue weighted by atomic mass is 19.4. The van der Waals surface area contributed by atoms with Crippen molar-refractivity contribution in [2.75, 3.05) is 11.4 Å². The summed E-state index contributed by atoms with van der Waals surface area (Å²) in [7, 11) is 0. The number of nitriles is 2. The highest BCUT2D eigenvalue weighted by Gasteiger charge is 2.34. The Hall–Kier alpha value is -2.21. The van der Waals surface area contributed by atoms with Gasteiger partial charge in [-0.1, -0.05) is 0 Å². The van der Waals surface area contributed by atoms with Crippen molar-refractivity contribution in [3.05, 3.63) is 29.3 Å². The van der Waals surface area contributed by atoms with Gasteiger partial charge in [-0.3, -0.25) is 0 Å². The summed E-state index contributed by atoms with van der Waals surface area (Å²) in [5.41, 5.74) is -0.980. The summed E-state index contributed by atoms with van der Waals surface area (Å²) >= 11 is 0. The van der Waals surface area contributed by atoms with Crippen LogP contribution < -0.4 is 4.90 Å². The van der Waals surface area contributed by atoms with Crippen molar-refractivity contribution >= 4 is 5.69 Å². The maximum absolute atomic E-state index is 12.9. The van der Waals surface area contributed by atoms with Crippen molar-refractivity contribution in [1.82, 2.24) is 0 Å². The number of hydrogen-bond donors (Lipinski definition) is 0. The molecule has 0 aromatic heterocycles. The fourth-order valence-corrected chi connectivity index (χ4v) is 1.90. The van der Waals surface area contributed by atoms with E-state index < -0.39 is 17.3 Å². The molecule has 0 atom stereocenters. The average molecular weight is 281 g/mol. The molecule has 0 unspecified atom stereocenters. The van der Waals surface area contributed by atoms with E-state index in [-0.39, 0.29) is 12.5 Å². The molecule has 0 saturated carbocycles. The van der Waals surface area contributed by atoms with Gasteiger partial charge in [0.25, 0.3) is 0 Å². The molecule has 0 bridgehead atoms. The van der Waals surface area contributed by atoms with Crippen LogP contribution in [0.1, 0.15) is 31.4 Å². The quantitative estimate of drug-likeness (QED) is 0.845. The van der Waals surface area contributed by atoms with Gasteiger partial charge in [-0.25, -0.2) is 0 Å². The molecule has 3 nitrogen and oxygen atoms in total. The number of alkyl halides is 3. The van der Waals surface area contributed by atoms with Gasteiger partial charge in [-0.05, 0) is 32.0 Å². The fraction of sp³-hybridized carbons (Fsp3) is 0.429. The topological polar surface area (TPSA) is 50.8 Å². The monoisotopic (exact) mass is 281 g/mol. The standard InChI is InChI=1S/C14H14F3N3/c1-10(2)20(7-3-6-18)12-5-4-11(9-19)13(8-12)14(15,16)17/h4-5,8,10H,3,7H2,1-2H3. The molecule has 0 N–H and O–H groups in total. The third kappa shape index (κ3) is 3.64. The van der Waals surface area contributed by atoms with Crippen LogP contribution in [-0.4, -0.2) is 12.6 Å². The van der Waals surface area contributed by atoms with Gasteiger partial charge in [0.2, 0.25) is 0 Å². The molecule has 1 rings (SSSR count). The molecule has 106 valence electrons. The molecule has 0 fully saturated rings. The van der Waals surface area contributed by atoms with Gasteiger partial charge in [0, 0.05) is 18.3 Å². The molecule has 0 amide bonds. The summed E-state index contributed by atoms with van der Waals surface area (Å²) in [6.07, 6.45) is -4.35. The summed E-state index contributed by atoms with van der Waals surface area (Å²) in [5, 5.41) is 17.4. The number of benzene rings is 1. The van der Waals surface area contributed by atoms with E-state index in [2.05, 4.69) is 0 Å². The largest absolute Gasteiger partial charge is 0.417 e. The van der Waals surface area contributed by atoms with Crippen molar-refractivity contribution in [3.63, 3.8) is 0 Å². The minimum atomic E-state index is -4.57. The molecule has 0 saturated heterocycles. The molecular weight excluding hydrogens is 267 g/mol. The third-order valence-electron chi connectivity index (χ3n) is 2.85. The molecule has 6 heteroatoms. The summed E-state index contributed by atoms with van der Waals surface area (Å²) in [6.45, 7) is 4.02. The Morgan fingerprint density at radius 2 is 1.90 bits per heavy atom. The van der Waals surface area contributed by atoms with Crippen LogP contribution in [0.2, 0.25) is 0 Å². The molecule has 0 aliphatic carbocycles. The second-order valence-corrected chi connectivity index (χ2v) is 4.53. The molecule has 20 heavy (non-hydrogen) atoms. The molecule has 0 aliphatic rings. The second kappa shape index (κ2) is 6.29. The first-order valence-electron chi connectivity index (χ1n) is 6.06. The van der Waals surface area contributed by atoms with E-state index in [4.69, 9.17) is 10.5 Å². The molecule has 0 spiro atoms. The zero-order chi connectivity index (χ0) is 15.3. The van der Waals surface area contributed by atoms with Crippen molar-refractivity contribution in [2.24, 2.45) is 0 Å². The summed E-state index contributed by atoms with van der Waals surface area (Å²) in [4.78, 5) is 1.71. The number of rotatable bonds is 4. The lowest BCUT2D eigenvalue weighted by Gasteiger charge is -2.29. The lowest BCUT2D eigenvalue weighted by molar-refractivity contribution is -0.137. The van der Waals surface area contributed by atoms with Crippen molar-refractivity contribution < 1.29 is 13.2 Å². The Morgan fingerprint density at radius 3 is 2.35 bits per heavy atom. The lowest BCUT2D eigenvalue weighted by atomic mass is 10.1. The van der Waals surface area contributed by atoms with E-state index in [1.807, 2.05) is 19.9 Å². The predicted molar refractivity (Wildman–Crippen MR) is 68.9 cm³/mol. The van der Waals surface area contributed by atoms with Gasteiger partial charge in [-0.15, -0.1) is 0 Å². The van der Waals surface area contributed by atoms with Gasteiger partial charge in [0.15, 0.2) is 0 Å². The molecule has 0 aliphatic heterocycles. The van der Waals surface area contributed by atoms with Crippen LogP contribution in [0.5, 0.6) is 0 Å². The normalized spacial score (nSPS) is 11.0. The summed E-state index contributed by atoms with van der Waals surface area (Å²) < 4.78 is 38.7. The first kappa shape index (κ1) is 15.8. The lowest BCUT2D eigenvalue weighted by Crippen LogP contribution is -2.31. The Kier molecular flexibility index (Phi) is 4.99. The van der Waals surface area contributed by atoms with E-state index in [9.17, 15) is 13.2 Å². The van der Waals surface area contributed by atoms with Crippen molar-refractivity contribution in [3.8, 4) is 12.1 Å². The van der Waals surface area contributed by atoms with Gasteiger partial charge in [0.05, 0.1) is 29.7 Å². The Labute approximate surface area is 115 Å². The number of nitrogens with zero attached hydrogens (tertiary/aromatic N) is 3. The Bertz CT molecular complexity index is 550. The summed E-state index contributed by atoms with van der Waals surface area (Å²) in [6, 6.07) is 7.09. The van der Waals surface area contributed by atoms with Gasteiger partial charge in [0.1, 0.15) is 0 Å². The van der Waals surface area contributed by atoms with Crippen LogP contribution in [-0.2, 0) is 6.18 Å². The zero-order valence-corrected chi connectivity index (χ0v) is 11.2. The van der Waals surface area contributed by atoms with Crippen LogP contribution in [0.15, 0.2) is 18.2 Å². The molecule has 1 aromatic carbocycles. The SMILES string of the molecule is CC(C)N(CCC#N)c1ccc(C#N)c(C(F)(F)F)c1. The van der Waals surface area contributed by atoms with Crippen molar-refractivity contribution in [1.29, 1.82) is 10.5 Å². The Morgan fingerprint density at radius 1 is 1.25 bits per heavy atom. The van der Waals surface area contributed by atoms with Crippen LogP contribution in [0.25, 0.3) is 0 Å². The molecule has 0 radical (unpaired) electrons. The molecular formula is C14H14F3N3.